The Balaban J connectivity index is 2.31. The van der Waals surface area contributed by atoms with Crippen LogP contribution in [0.25, 0.3) is 0 Å². The van der Waals surface area contributed by atoms with Gasteiger partial charge in [-0.15, -0.1) is 0 Å². The molecule has 2 rings (SSSR count). The molecule has 0 amide bonds. The Bertz CT molecular complexity index is 323. The Kier molecular flexibility index (Phi) is 2.14. The summed E-state index contributed by atoms with van der Waals surface area (Å²) in [5.74, 6) is 1.08. The molecule has 0 saturated heterocycles. The van der Waals surface area contributed by atoms with E-state index in [1.165, 1.54) is 12.8 Å². The first-order chi connectivity index (χ1) is 6.18. The van der Waals surface area contributed by atoms with E-state index < -0.39 is 0 Å². The quantitative estimate of drug-likeness (QED) is 0.759. The van der Waals surface area contributed by atoms with Gasteiger partial charge in [0.05, 0.1) is 5.02 Å². The van der Waals surface area contributed by atoms with Crippen LogP contribution in [-0.2, 0) is 0 Å². The van der Waals surface area contributed by atoms with Gasteiger partial charge >= 0.3 is 0 Å². The second kappa shape index (κ2) is 3.16. The number of nitrogens with two attached hydrogens (primary N) is 2. The van der Waals surface area contributed by atoms with Crippen molar-refractivity contribution in [1.82, 2.24) is 4.98 Å². The minimum atomic E-state index is 0.00574. The molecule has 13 heavy (non-hydrogen) atoms. The van der Waals surface area contributed by atoms with Crippen LogP contribution in [0.15, 0.2) is 12.3 Å². The van der Waals surface area contributed by atoms with Crippen molar-refractivity contribution in [2.45, 2.75) is 18.9 Å². The fraction of sp³-hybridized carbons (Fsp3) is 0.444. The van der Waals surface area contributed by atoms with Crippen LogP contribution >= 0.6 is 11.6 Å². The highest BCUT2D eigenvalue weighted by Crippen LogP contribution is 2.40. The van der Waals surface area contributed by atoms with Crippen LogP contribution in [-0.4, -0.2) is 4.98 Å². The molecular weight excluding hydrogens is 186 g/mol. The molecule has 0 radical (unpaired) electrons. The monoisotopic (exact) mass is 197 g/mol. The van der Waals surface area contributed by atoms with Crippen LogP contribution in [0, 0.1) is 5.92 Å². The molecular formula is C9H12ClN3. The van der Waals surface area contributed by atoms with E-state index in [4.69, 9.17) is 23.1 Å². The maximum atomic E-state index is 5.99. The van der Waals surface area contributed by atoms with E-state index in [9.17, 15) is 0 Å². The van der Waals surface area contributed by atoms with E-state index in [0.29, 0.717) is 16.8 Å². The van der Waals surface area contributed by atoms with Gasteiger partial charge in [0.1, 0.15) is 5.82 Å². The van der Waals surface area contributed by atoms with Crippen LogP contribution < -0.4 is 11.5 Å². The average molecular weight is 198 g/mol. The fourth-order valence-corrected chi connectivity index (χ4v) is 1.61. The third-order valence-corrected chi connectivity index (χ3v) is 2.61. The second-order valence-electron chi connectivity index (χ2n) is 3.49. The smallest absolute Gasteiger partial charge is 0.128 e. The summed E-state index contributed by atoms with van der Waals surface area (Å²) in [5.41, 5.74) is 12.6. The molecule has 1 aromatic heterocycles. The number of rotatable bonds is 2. The molecule has 4 N–H and O–H groups in total. The third-order valence-electron chi connectivity index (χ3n) is 2.41. The Morgan fingerprint density at radius 2 is 2.23 bits per heavy atom. The number of hydrogen-bond donors (Lipinski definition) is 2. The number of pyridine rings is 1. The summed E-state index contributed by atoms with van der Waals surface area (Å²) in [4.78, 5) is 3.98. The van der Waals surface area contributed by atoms with E-state index in [0.717, 1.165) is 5.56 Å². The molecule has 70 valence electrons. The van der Waals surface area contributed by atoms with Crippen molar-refractivity contribution < 1.29 is 0 Å². The lowest BCUT2D eigenvalue weighted by atomic mass is 10.0. The maximum Gasteiger partial charge on any atom is 0.128 e. The fourth-order valence-electron chi connectivity index (χ4n) is 1.44. The highest BCUT2D eigenvalue weighted by atomic mass is 35.5. The predicted molar refractivity (Wildman–Crippen MR) is 53.3 cm³/mol. The lowest BCUT2D eigenvalue weighted by Gasteiger charge is -2.12. The molecule has 4 heteroatoms. The Labute approximate surface area is 82.1 Å². The van der Waals surface area contributed by atoms with E-state index in [2.05, 4.69) is 4.98 Å². The zero-order chi connectivity index (χ0) is 9.42. The number of hydrogen-bond acceptors (Lipinski definition) is 3. The first-order valence-corrected chi connectivity index (χ1v) is 4.73. The van der Waals surface area contributed by atoms with Crippen molar-refractivity contribution >= 4 is 17.4 Å². The molecule has 1 aromatic rings. The number of aromatic nitrogens is 1. The van der Waals surface area contributed by atoms with Crippen LogP contribution in [0.1, 0.15) is 24.4 Å². The van der Waals surface area contributed by atoms with Crippen molar-refractivity contribution in [2.24, 2.45) is 11.7 Å². The molecule has 1 aliphatic rings. The number of nitrogen functional groups attached to an aromatic ring is 1. The zero-order valence-electron chi connectivity index (χ0n) is 7.20. The lowest BCUT2D eigenvalue weighted by Crippen LogP contribution is -2.15. The third kappa shape index (κ3) is 1.76. The standard InChI is InChI=1S/C9H12ClN3/c10-6-3-7(9(12)13-4-6)8(11)5-1-2-5/h3-5,8H,1-2,11H2,(H2,12,13). The molecule has 3 nitrogen and oxygen atoms in total. The molecule has 1 aliphatic carbocycles. The number of halogens is 1. The van der Waals surface area contributed by atoms with Gasteiger partial charge in [0.15, 0.2) is 0 Å². The minimum Gasteiger partial charge on any atom is -0.383 e. The van der Waals surface area contributed by atoms with E-state index >= 15 is 0 Å². The summed E-state index contributed by atoms with van der Waals surface area (Å²) in [5, 5.41) is 0.598. The number of anilines is 1. The first kappa shape index (κ1) is 8.78. The van der Waals surface area contributed by atoms with Gasteiger partial charge in [0.2, 0.25) is 0 Å². The predicted octanol–water partition coefficient (Wildman–Crippen LogP) is 1.73. The molecule has 1 atom stereocenters. The SMILES string of the molecule is Nc1ncc(Cl)cc1C(N)C1CC1. The molecule has 1 unspecified atom stereocenters. The van der Waals surface area contributed by atoms with Gasteiger partial charge in [-0.1, -0.05) is 11.6 Å². The average Bonchev–Trinajstić information content (AvgIpc) is 2.91. The molecule has 0 aliphatic heterocycles. The van der Waals surface area contributed by atoms with Crippen molar-refractivity contribution in [3.63, 3.8) is 0 Å². The summed E-state index contributed by atoms with van der Waals surface area (Å²) in [6.07, 6.45) is 3.92. The van der Waals surface area contributed by atoms with E-state index in [-0.39, 0.29) is 6.04 Å². The molecule has 1 saturated carbocycles. The summed E-state index contributed by atoms with van der Waals surface area (Å²) >= 11 is 5.81. The Morgan fingerprint density at radius 3 is 2.85 bits per heavy atom. The van der Waals surface area contributed by atoms with Crippen molar-refractivity contribution in [2.75, 3.05) is 5.73 Å². The summed E-state index contributed by atoms with van der Waals surface area (Å²) in [6, 6.07) is 1.82. The zero-order valence-corrected chi connectivity index (χ0v) is 7.96. The van der Waals surface area contributed by atoms with Crippen molar-refractivity contribution in [1.29, 1.82) is 0 Å². The largest absolute Gasteiger partial charge is 0.383 e. The van der Waals surface area contributed by atoms with Crippen LogP contribution in [0.2, 0.25) is 5.02 Å². The van der Waals surface area contributed by atoms with Crippen LogP contribution in [0.5, 0.6) is 0 Å². The van der Waals surface area contributed by atoms with E-state index in [1.807, 2.05) is 6.07 Å². The van der Waals surface area contributed by atoms with Crippen molar-refractivity contribution in [3.05, 3.63) is 22.8 Å². The summed E-state index contributed by atoms with van der Waals surface area (Å²) in [7, 11) is 0. The molecule has 1 heterocycles. The summed E-state index contributed by atoms with van der Waals surface area (Å²) in [6.45, 7) is 0. The minimum absolute atomic E-state index is 0.00574. The number of nitrogens with zero attached hydrogens (tertiary/aromatic N) is 1. The molecule has 0 aromatic carbocycles. The highest BCUT2D eigenvalue weighted by Gasteiger charge is 2.30. The van der Waals surface area contributed by atoms with Gasteiger partial charge in [-0.2, -0.15) is 0 Å². The lowest BCUT2D eigenvalue weighted by molar-refractivity contribution is 0.633. The van der Waals surface area contributed by atoms with Gasteiger partial charge < -0.3 is 11.5 Å². The summed E-state index contributed by atoms with van der Waals surface area (Å²) < 4.78 is 0. The van der Waals surface area contributed by atoms with Gasteiger partial charge in [-0.3, -0.25) is 0 Å². The molecule has 0 spiro atoms. The van der Waals surface area contributed by atoms with Gasteiger partial charge in [0.25, 0.3) is 0 Å². The van der Waals surface area contributed by atoms with Gasteiger partial charge in [0, 0.05) is 17.8 Å². The normalized spacial score (nSPS) is 18.6. The Morgan fingerprint density at radius 1 is 1.54 bits per heavy atom. The van der Waals surface area contributed by atoms with Gasteiger partial charge in [-0.05, 0) is 24.8 Å². The van der Waals surface area contributed by atoms with Crippen molar-refractivity contribution in [3.8, 4) is 0 Å². The molecule has 1 fully saturated rings. The highest BCUT2D eigenvalue weighted by molar-refractivity contribution is 6.30. The van der Waals surface area contributed by atoms with Crippen LogP contribution in [0.4, 0.5) is 5.82 Å². The van der Waals surface area contributed by atoms with E-state index in [1.54, 1.807) is 6.20 Å². The van der Waals surface area contributed by atoms with Crippen LogP contribution in [0.3, 0.4) is 0 Å². The second-order valence-corrected chi connectivity index (χ2v) is 3.93. The van der Waals surface area contributed by atoms with Gasteiger partial charge in [-0.25, -0.2) is 4.98 Å². The topological polar surface area (TPSA) is 64.9 Å². The molecule has 0 bridgehead atoms. The first-order valence-electron chi connectivity index (χ1n) is 4.35. The Hall–Kier alpha value is -0.800. The maximum absolute atomic E-state index is 5.99.